The molecule has 24 heavy (non-hydrogen) atoms. The number of hydrogen-bond donors (Lipinski definition) is 2. The van der Waals surface area contributed by atoms with Crippen LogP contribution in [0.2, 0.25) is 0 Å². The van der Waals surface area contributed by atoms with Crippen molar-refractivity contribution in [2.45, 2.75) is 6.54 Å². The van der Waals surface area contributed by atoms with Gasteiger partial charge in [0.1, 0.15) is 5.75 Å². The first kappa shape index (κ1) is 17.6. The lowest BCUT2D eigenvalue weighted by molar-refractivity contribution is 0.177. The molecule has 0 fully saturated rings. The van der Waals surface area contributed by atoms with Crippen molar-refractivity contribution in [2.75, 3.05) is 20.3 Å². The Morgan fingerprint density at radius 1 is 1.21 bits per heavy atom. The first-order chi connectivity index (χ1) is 11.7. The van der Waals surface area contributed by atoms with Crippen LogP contribution in [0.3, 0.4) is 0 Å². The summed E-state index contributed by atoms with van der Waals surface area (Å²) in [5.74, 6) is 0.759. The molecule has 2 rings (SSSR count). The summed E-state index contributed by atoms with van der Waals surface area (Å²) in [6.07, 6.45) is 3.38. The van der Waals surface area contributed by atoms with Gasteiger partial charge in [-0.3, -0.25) is 0 Å². The number of hydrogen-bond acceptors (Lipinski definition) is 3. The van der Waals surface area contributed by atoms with Gasteiger partial charge in [-0.2, -0.15) is 0 Å². The summed E-state index contributed by atoms with van der Waals surface area (Å²) >= 11 is 0. The molecule has 0 saturated carbocycles. The third kappa shape index (κ3) is 5.44. The van der Waals surface area contributed by atoms with Crippen LogP contribution < -0.4 is 10.1 Å². The van der Waals surface area contributed by atoms with Crippen LogP contribution >= 0.6 is 0 Å². The number of nitrogens with one attached hydrogen (secondary N) is 1. The van der Waals surface area contributed by atoms with E-state index in [2.05, 4.69) is 5.32 Å². The molecule has 126 valence electrons. The first-order valence-corrected chi connectivity index (χ1v) is 7.74. The Kier molecular flexibility index (Phi) is 6.86. The van der Waals surface area contributed by atoms with E-state index >= 15 is 0 Å². The molecular formula is C19H22N2O3. The monoisotopic (exact) mass is 326 g/mol. The van der Waals surface area contributed by atoms with E-state index in [0.717, 1.165) is 16.9 Å². The van der Waals surface area contributed by atoms with Gasteiger partial charge in [-0.15, -0.1) is 0 Å². The van der Waals surface area contributed by atoms with Gasteiger partial charge in [-0.05, 0) is 29.3 Å². The molecule has 0 aromatic heterocycles. The molecule has 0 bridgehead atoms. The zero-order chi connectivity index (χ0) is 17.2. The number of amides is 2. The Morgan fingerprint density at radius 2 is 2.00 bits per heavy atom. The summed E-state index contributed by atoms with van der Waals surface area (Å²) in [5.41, 5.74) is 1.93. The van der Waals surface area contributed by atoms with Crippen molar-refractivity contribution in [3.05, 3.63) is 71.9 Å². The van der Waals surface area contributed by atoms with Crippen LogP contribution in [0.5, 0.6) is 5.75 Å². The number of carbonyl (C=O) groups is 1. The number of carbonyl (C=O) groups excluding carboxylic acids is 1. The van der Waals surface area contributed by atoms with Gasteiger partial charge >= 0.3 is 6.03 Å². The summed E-state index contributed by atoms with van der Waals surface area (Å²) in [6.45, 7) is 0.633. The normalized spacial score (nSPS) is 10.6. The Balaban J connectivity index is 1.95. The van der Waals surface area contributed by atoms with Gasteiger partial charge in [0.2, 0.25) is 0 Å². The standard InChI is InChI=1S/C19H22N2O3/c1-24-18-9-5-8-16(14-18)10-11-20-19(23)21(12-13-22)15-17-6-3-2-4-7-17/h2-11,14,22H,12-13,15H2,1H3,(H,20,23)/b11-10+. The largest absolute Gasteiger partial charge is 0.497 e. The summed E-state index contributed by atoms with van der Waals surface area (Å²) in [6, 6.07) is 16.9. The average Bonchev–Trinajstić information content (AvgIpc) is 2.62. The summed E-state index contributed by atoms with van der Waals surface area (Å²) in [5, 5.41) is 11.9. The molecule has 2 aromatic rings. The second-order valence-electron chi connectivity index (χ2n) is 5.19. The van der Waals surface area contributed by atoms with Crippen molar-refractivity contribution in [1.29, 1.82) is 0 Å². The van der Waals surface area contributed by atoms with Crippen LogP contribution in [0.25, 0.3) is 6.08 Å². The lowest BCUT2D eigenvalue weighted by atomic mass is 10.2. The van der Waals surface area contributed by atoms with Gasteiger partial charge in [0.05, 0.1) is 13.7 Å². The molecular weight excluding hydrogens is 304 g/mol. The van der Waals surface area contributed by atoms with Crippen molar-refractivity contribution < 1.29 is 14.6 Å². The molecule has 2 amide bonds. The maximum atomic E-state index is 12.3. The molecule has 0 atom stereocenters. The van der Waals surface area contributed by atoms with Crippen LogP contribution in [0, 0.1) is 0 Å². The number of benzene rings is 2. The molecule has 5 heteroatoms. The van der Waals surface area contributed by atoms with Crippen molar-refractivity contribution in [3.8, 4) is 5.75 Å². The number of methoxy groups -OCH3 is 1. The third-order valence-corrected chi connectivity index (χ3v) is 3.45. The number of rotatable bonds is 7. The summed E-state index contributed by atoms with van der Waals surface area (Å²) in [4.78, 5) is 13.8. The van der Waals surface area contributed by atoms with Gasteiger partial charge in [0.25, 0.3) is 0 Å². The highest BCUT2D eigenvalue weighted by Crippen LogP contribution is 2.13. The van der Waals surface area contributed by atoms with E-state index < -0.39 is 0 Å². The molecule has 0 heterocycles. The minimum absolute atomic E-state index is 0.0835. The number of ether oxygens (including phenoxy) is 1. The number of urea groups is 1. The van der Waals surface area contributed by atoms with Gasteiger partial charge in [0.15, 0.2) is 0 Å². The number of aliphatic hydroxyl groups excluding tert-OH is 1. The van der Waals surface area contributed by atoms with Crippen LogP contribution in [0.15, 0.2) is 60.8 Å². The second-order valence-corrected chi connectivity index (χ2v) is 5.19. The minimum atomic E-state index is -0.257. The fraction of sp³-hybridized carbons (Fsp3) is 0.211. The van der Waals surface area contributed by atoms with Crippen LogP contribution in [-0.4, -0.2) is 36.3 Å². The second kappa shape index (κ2) is 9.37. The predicted octanol–water partition coefficient (Wildman–Crippen LogP) is 2.87. The predicted molar refractivity (Wildman–Crippen MR) is 94.5 cm³/mol. The summed E-state index contributed by atoms with van der Waals surface area (Å²) in [7, 11) is 1.61. The van der Waals surface area contributed by atoms with Crippen molar-refractivity contribution in [3.63, 3.8) is 0 Å². The van der Waals surface area contributed by atoms with Gasteiger partial charge in [0, 0.05) is 19.3 Å². The Morgan fingerprint density at radius 3 is 2.71 bits per heavy atom. The van der Waals surface area contributed by atoms with Crippen LogP contribution in [0.4, 0.5) is 4.79 Å². The van der Waals surface area contributed by atoms with Crippen LogP contribution in [0.1, 0.15) is 11.1 Å². The zero-order valence-corrected chi connectivity index (χ0v) is 13.7. The lowest BCUT2D eigenvalue weighted by Crippen LogP contribution is -2.38. The Hall–Kier alpha value is -2.79. The lowest BCUT2D eigenvalue weighted by Gasteiger charge is -2.21. The van der Waals surface area contributed by atoms with Gasteiger partial charge in [-0.25, -0.2) is 4.79 Å². The molecule has 0 aliphatic carbocycles. The van der Waals surface area contributed by atoms with E-state index in [0.29, 0.717) is 6.54 Å². The zero-order valence-electron chi connectivity index (χ0n) is 13.7. The molecule has 2 N–H and O–H groups in total. The fourth-order valence-electron chi connectivity index (χ4n) is 2.22. The molecule has 0 radical (unpaired) electrons. The molecule has 2 aromatic carbocycles. The molecule has 0 aliphatic heterocycles. The van der Waals surface area contributed by atoms with Crippen LogP contribution in [-0.2, 0) is 6.54 Å². The maximum Gasteiger partial charge on any atom is 0.321 e. The molecule has 5 nitrogen and oxygen atoms in total. The van der Waals surface area contributed by atoms with E-state index in [9.17, 15) is 9.90 Å². The van der Waals surface area contributed by atoms with E-state index in [-0.39, 0.29) is 19.2 Å². The van der Waals surface area contributed by atoms with Gasteiger partial charge in [-0.1, -0.05) is 42.5 Å². The Labute approximate surface area is 142 Å². The smallest absolute Gasteiger partial charge is 0.321 e. The van der Waals surface area contributed by atoms with Gasteiger partial charge < -0.3 is 20.1 Å². The average molecular weight is 326 g/mol. The highest BCUT2D eigenvalue weighted by atomic mass is 16.5. The highest BCUT2D eigenvalue weighted by molar-refractivity contribution is 5.76. The van der Waals surface area contributed by atoms with Crippen molar-refractivity contribution >= 4 is 12.1 Å². The maximum absolute atomic E-state index is 12.3. The number of aliphatic hydroxyl groups is 1. The van der Waals surface area contributed by atoms with Crippen molar-refractivity contribution in [1.82, 2.24) is 10.2 Å². The Bertz CT molecular complexity index is 671. The topological polar surface area (TPSA) is 61.8 Å². The molecule has 0 aliphatic rings. The molecule has 0 spiro atoms. The fourth-order valence-corrected chi connectivity index (χ4v) is 2.22. The highest BCUT2D eigenvalue weighted by Gasteiger charge is 2.11. The quantitative estimate of drug-likeness (QED) is 0.822. The van der Waals surface area contributed by atoms with E-state index in [1.165, 1.54) is 0 Å². The number of nitrogens with zero attached hydrogens (tertiary/aromatic N) is 1. The van der Waals surface area contributed by atoms with Crippen molar-refractivity contribution in [2.24, 2.45) is 0 Å². The SMILES string of the molecule is COc1cccc(/C=C/NC(=O)N(CCO)Cc2ccccc2)c1. The molecule has 0 unspecified atom stereocenters. The van der Waals surface area contributed by atoms with E-state index in [1.807, 2.05) is 54.6 Å². The summed E-state index contributed by atoms with van der Waals surface area (Å²) < 4.78 is 5.16. The molecule has 0 saturated heterocycles. The van der Waals surface area contributed by atoms with E-state index in [4.69, 9.17) is 4.74 Å². The minimum Gasteiger partial charge on any atom is -0.497 e. The van der Waals surface area contributed by atoms with E-state index in [1.54, 1.807) is 24.3 Å². The third-order valence-electron chi connectivity index (χ3n) is 3.45. The first-order valence-electron chi connectivity index (χ1n) is 7.74.